The molecule has 1 unspecified atom stereocenters. The summed E-state index contributed by atoms with van der Waals surface area (Å²) in [5.41, 5.74) is 7.69. The maximum Gasteiger partial charge on any atom is 0.0575 e. The summed E-state index contributed by atoms with van der Waals surface area (Å²) in [6.45, 7) is 3.42. The quantitative estimate of drug-likeness (QED) is 0.765. The Hall–Kier alpha value is -1.25. The first kappa shape index (κ1) is 10.3. The van der Waals surface area contributed by atoms with E-state index in [0.717, 1.165) is 12.2 Å². The van der Waals surface area contributed by atoms with E-state index in [9.17, 15) is 0 Å². The summed E-state index contributed by atoms with van der Waals surface area (Å²) < 4.78 is 0. The lowest BCUT2D eigenvalue weighted by Crippen LogP contribution is -2.32. The third kappa shape index (κ3) is 2.41. The average Bonchev–Trinajstić information content (AvgIpc) is 2.43. The molecule has 1 aromatic heterocycles. The van der Waals surface area contributed by atoms with Crippen molar-refractivity contribution in [1.29, 1.82) is 0 Å². The topological polar surface area (TPSA) is 42.2 Å². The molecule has 1 atom stereocenters. The van der Waals surface area contributed by atoms with Crippen molar-refractivity contribution in [2.45, 2.75) is 38.6 Å². The van der Waals surface area contributed by atoms with E-state index >= 15 is 0 Å². The summed E-state index contributed by atoms with van der Waals surface area (Å²) in [4.78, 5) is 6.58. The highest BCUT2D eigenvalue weighted by molar-refractivity contribution is 5.53. The number of nitrogens with zero attached hydrogens (tertiary/aromatic N) is 2. The van der Waals surface area contributed by atoms with E-state index in [-0.39, 0.29) is 0 Å². The molecular weight excluding hydrogens is 186 g/mol. The monoisotopic (exact) mass is 205 g/mol. The van der Waals surface area contributed by atoms with Crippen molar-refractivity contribution in [3.63, 3.8) is 0 Å². The van der Waals surface area contributed by atoms with Crippen LogP contribution in [0.4, 0.5) is 11.4 Å². The Morgan fingerprint density at radius 2 is 2.20 bits per heavy atom. The van der Waals surface area contributed by atoms with Crippen LogP contribution in [-0.4, -0.2) is 17.6 Å². The fraction of sp³-hybridized carbons (Fsp3) is 0.583. The van der Waals surface area contributed by atoms with Crippen LogP contribution in [0.2, 0.25) is 0 Å². The third-order valence-electron chi connectivity index (χ3n) is 3.13. The number of pyridine rings is 1. The van der Waals surface area contributed by atoms with E-state index in [1.807, 2.05) is 12.3 Å². The van der Waals surface area contributed by atoms with Crippen LogP contribution in [0.5, 0.6) is 0 Å². The normalized spacial score (nSPS) is 22.5. The molecule has 0 radical (unpaired) electrons. The molecule has 3 nitrogen and oxygen atoms in total. The minimum atomic E-state index is 0.607. The van der Waals surface area contributed by atoms with E-state index in [1.54, 1.807) is 6.20 Å². The first-order chi connectivity index (χ1) is 7.27. The zero-order valence-corrected chi connectivity index (χ0v) is 9.32. The van der Waals surface area contributed by atoms with E-state index in [4.69, 9.17) is 5.73 Å². The van der Waals surface area contributed by atoms with E-state index in [1.165, 1.54) is 31.4 Å². The highest BCUT2D eigenvalue weighted by Crippen LogP contribution is 2.24. The molecule has 0 aliphatic carbocycles. The van der Waals surface area contributed by atoms with Crippen LogP contribution in [-0.2, 0) is 0 Å². The van der Waals surface area contributed by atoms with Gasteiger partial charge in [-0.05, 0) is 25.8 Å². The fourth-order valence-corrected chi connectivity index (χ4v) is 2.26. The molecule has 2 rings (SSSR count). The van der Waals surface area contributed by atoms with Gasteiger partial charge >= 0.3 is 0 Å². The number of hydrogen-bond acceptors (Lipinski definition) is 3. The Bertz CT molecular complexity index is 324. The van der Waals surface area contributed by atoms with Crippen molar-refractivity contribution in [3.05, 3.63) is 18.5 Å². The summed E-state index contributed by atoms with van der Waals surface area (Å²) in [6.07, 6.45) is 8.85. The van der Waals surface area contributed by atoms with Gasteiger partial charge in [0.05, 0.1) is 17.6 Å². The molecule has 0 amide bonds. The highest BCUT2D eigenvalue weighted by atomic mass is 15.2. The molecule has 1 fully saturated rings. The summed E-state index contributed by atoms with van der Waals surface area (Å²) in [5, 5.41) is 0. The van der Waals surface area contributed by atoms with Gasteiger partial charge in [-0.25, -0.2) is 0 Å². The van der Waals surface area contributed by atoms with Crippen LogP contribution in [0.15, 0.2) is 18.5 Å². The predicted octanol–water partition coefficient (Wildman–Crippen LogP) is 2.43. The maximum absolute atomic E-state index is 5.76. The van der Waals surface area contributed by atoms with Crippen molar-refractivity contribution in [3.8, 4) is 0 Å². The molecule has 1 saturated heterocycles. The van der Waals surface area contributed by atoms with E-state index in [0.29, 0.717) is 6.04 Å². The summed E-state index contributed by atoms with van der Waals surface area (Å²) >= 11 is 0. The van der Waals surface area contributed by atoms with Crippen molar-refractivity contribution < 1.29 is 0 Å². The standard InChI is InChI=1S/C12H19N3/c1-10-5-3-2-4-6-15(10)12-7-11(13)8-14-9-12/h7-10H,2-6,13H2,1H3. The molecule has 0 saturated carbocycles. The summed E-state index contributed by atoms with van der Waals surface area (Å²) in [5.74, 6) is 0. The lowest BCUT2D eigenvalue weighted by Gasteiger charge is -2.29. The molecule has 2 heterocycles. The number of hydrogen-bond donors (Lipinski definition) is 1. The minimum Gasteiger partial charge on any atom is -0.397 e. The summed E-state index contributed by atoms with van der Waals surface area (Å²) in [6, 6.07) is 2.63. The zero-order chi connectivity index (χ0) is 10.7. The number of anilines is 2. The molecule has 82 valence electrons. The minimum absolute atomic E-state index is 0.607. The molecular formula is C12H19N3. The molecule has 0 aromatic carbocycles. The first-order valence-corrected chi connectivity index (χ1v) is 5.74. The van der Waals surface area contributed by atoms with Gasteiger partial charge in [-0.2, -0.15) is 0 Å². The van der Waals surface area contributed by atoms with Gasteiger partial charge < -0.3 is 10.6 Å². The van der Waals surface area contributed by atoms with Crippen LogP contribution in [0.3, 0.4) is 0 Å². The molecule has 1 aliphatic heterocycles. The molecule has 1 aliphatic rings. The maximum atomic E-state index is 5.76. The third-order valence-corrected chi connectivity index (χ3v) is 3.13. The Labute approximate surface area is 91.3 Å². The first-order valence-electron chi connectivity index (χ1n) is 5.74. The van der Waals surface area contributed by atoms with Crippen LogP contribution < -0.4 is 10.6 Å². The fourth-order valence-electron chi connectivity index (χ4n) is 2.26. The second kappa shape index (κ2) is 4.51. The van der Waals surface area contributed by atoms with Gasteiger partial charge in [-0.1, -0.05) is 12.8 Å². The van der Waals surface area contributed by atoms with Gasteiger partial charge in [-0.15, -0.1) is 0 Å². The van der Waals surface area contributed by atoms with Crippen LogP contribution in [0, 0.1) is 0 Å². The molecule has 0 spiro atoms. The van der Waals surface area contributed by atoms with Crippen molar-refractivity contribution in [2.24, 2.45) is 0 Å². The second-order valence-electron chi connectivity index (χ2n) is 4.37. The average molecular weight is 205 g/mol. The van der Waals surface area contributed by atoms with Crippen LogP contribution >= 0.6 is 0 Å². The van der Waals surface area contributed by atoms with Crippen LogP contribution in [0.1, 0.15) is 32.6 Å². The van der Waals surface area contributed by atoms with E-state index in [2.05, 4.69) is 16.8 Å². The second-order valence-corrected chi connectivity index (χ2v) is 4.37. The van der Waals surface area contributed by atoms with Gasteiger partial charge in [0.1, 0.15) is 0 Å². The van der Waals surface area contributed by atoms with Crippen molar-refractivity contribution in [1.82, 2.24) is 4.98 Å². The Balaban J connectivity index is 2.20. The SMILES string of the molecule is CC1CCCCCN1c1cncc(N)c1. The van der Waals surface area contributed by atoms with Crippen molar-refractivity contribution >= 4 is 11.4 Å². The lowest BCUT2D eigenvalue weighted by molar-refractivity contribution is 0.615. The number of nitrogen functional groups attached to an aromatic ring is 1. The lowest BCUT2D eigenvalue weighted by atomic mass is 10.1. The van der Waals surface area contributed by atoms with Gasteiger partial charge in [0.25, 0.3) is 0 Å². The number of rotatable bonds is 1. The molecule has 15 heavy (non-hydrogen) atoms. The van der Waals surface area contributed by atoms with Gasteiger partial charge in [0.2, 0.25) is 0 Å². The molecule has 1 aromatic rings. The van der Waals surface area contributed by atoms with Gasteiger partial charge in [0, 0.05) is 18.8 Å². The Kier molecular flexibility index (Phi) is 3.09. The van der Waals surface area contributed by atoms with E-state index < -0.39 is 0 Å². The van der Waals surface area contributed by atoms with Gasteiger partial charge in [0.15, 0.2) is 0 Å². The Morgan fingerprint density at radius 3 is 3.00 bits per heavy atom. The zero-order valence-electron chi connectivity index (χ0n) is 9.32. The predicted molar refractivity (Wildman–Crippen MR) is 63.9 cm³/mol. The number of nitrogens with two attached hydrogens (primary N) is 1. The highest BCUT2D eigenvalue weighted by Gasteiger charge is 2.17. The Morgan fingerprint density at radius 1 is 1.33 bits per heavy atom. The molecule has 3 heteroatoms. The smallest absolute Gasteiger partial charge is 0.0575 e. The number of aromatic nitrogens is 1. The van der Waals surface area contributed by atoms with Crippen molar-refractivity contribution in [2.75, 3.05) is 17.2 Å². The van der Waals surface area contributed by atoms with Gasteiger partial charge in [-0.3, -0.25) is 4.98 Å². The molecule has 2 N–H and O–H groups in total. The molecule has 0 bridgehead atoms. The van der Waals surface area contributed by atoms with Crippen LogP contribution in [0.25, 0.3) is 0 Å². The summed E-state index contributed by atoms with van der Waals surface area (Å²) in [7, 11) is 0. The largest absolute Gasteiger partial charge is 0.397 e.